The summed E-state index contributed by atoms with van der Waals surface area (Å²) in [6.07, 6.45) is 1.35. The van der Waals surface area contributed by atoms with Crippen LogP contribution < -0.4 is 10.5 Å². The van der Waals surface area contributed by atoms with Crippen LogP contribution in [0.25, 0.3) is 0 Å². The zero-order chi connectivity index (χ0) is 15.6. The molecule has 0 saturated carbocycles. The summed E-state index contributed by atoms with van der Waals surface area (Å²) in [5, 5.41) is 0. The lowest BCUT2D eigenvalue weighted by Gasteiger charge is -2.28. The standard InChI is InChI=1S/C14H23FN2O2S/c1-5-14(4,6-2)17-20(18,19)12-7-10(3)13(15)11(8-12)9-16/h7-8,17H,5-6,9,16H2,1-4H3. The summed E-state index contributed by atoms with van der Waals surface area (Å²) in [5.41, 5.74) is 5.44. The Bertz CT molecular complexity index is 581. The summed E-state index contributed by atoms with van der Waals surface area (Å²) in [4.78, 5) is 0.0602. The number of hydrogen-bond acceptors (Lipinski definition) is 3. The van der Waals surface area contributed by atoms with Crippen molar-refractivity contribution in [2.45, 2.75) is 57.5 Å². The molecule has 6 heteroatoms. The number of nitrogens with two attached hydrogens (primary N) is 1. The molecule has 4 nitrogen and oxygen atoms in total. The highest BCUT2D eigenvalue weighted by atomic mass is 32.2. The van der Waals surface area contributed by atoms with Crippen molar-refractivity contribution in [3.63, 3.8) is 0 Å². The molecule has 0 spiro atoms. The van der Waals surface area contributed by atoms with Crippen molar-refractivity contribution < 1.29 is 12.8 Å². The van der Waals surface area contributed by atoms with Crippen molar-refractivity contribution in [2.75, 3.05) is 0 Å². The fourth-order valence-electron chi connectivity index (χ4n) is 1.89. The van der Waals surface area contributed by atoms with Crippen LogP contribution in [-0.2, 0) is 16.6 Å². The molecule has 114 valence electrons. The lowest BCUT2D eigenvalue weighted by molar-refractivity contribution is 0.388. The molecule has 0 radical (unpaired) electrons. The first-order valence-corrected chi connectivity index (χ1v) is 8.20. The third kappa shape index (κ3) is 3.56. The minimum Gasteiger partial charge on any atom is -0.326 e. The number of sulfonamides is 1. The van der Waals surface area contributed by atoms with E-state index in [2.05, 4.69) is 4.72 Å². The second-order valence-electron chi connectivity index (χ2n) is 5.29. The van der Waals surface area contributed by atoms with Crippen molar-refractivity contribution >= 4 is 10.0 Å². The van der Waals surface area contributed by atoms with Gasteiger partial charge in [-0.25, -0.2) is 17.5 Å². The van der Waals surface area contributed by atoms with Crippen LogP contribution in [0.15, 0.2) is 17.0 Å². The Kier molecular flexibility index (Phi) is 5.29. The molecule has 0 unspecified atom stereocenters. The predicted octanol–water partition coefficient (Wildman–Crippen LogP) is 2.45. The SMILES string of the molecule is CCC(C)(CC)NS(=O)(=O)c1cc(C)c(F)c(CN)c1. The Labute approximate surface area is 120 Å². The fourth-order valence-corrected chi connectivity index (χ4v) is 3.57. The van der Waals surface area contributed by atoms with Crippen LogP contribution in [0.3, 0.4) is 0 Å². The quantitative estimate of drug-likeness (QED) is 0.848. The molecule has 0 amide bonds. The Morgan fingerprint density at radius 2 is 1.85 bits per heavy atom. The molecular formula is C14H23FN2O2S. The largest absolute Gasteiger partial charge is 0.326 e. The minimum atomic E-state index is -3.69. The van der Waals surface area contributed by atoms with Gasteiger partial charge in [0.2, 0.25) is 10.0 Å². The summed E-state index contributed by atoms with van der Waals surface area (Å²) in [6, 6.07) is 2.64. The highest BCUT2D eigenvalue weighted by molar-refractivity contribution is 7.89. The first-order chi connectivity index (χ1) is 9.19. The Balaban J connectivity index is 3.26. The van der Waals surface area contributed by atoms with Crippen LogP contribution in [0.2, 0.25) is 0 Å². The summed E-state index contributed by atoms with van der Waals surface area (Å²) in [5.74, 6) is -0.444. The molecule has 0 heterocycles. The molecule has 0 aliphatic heterocycles. The van der Waals surface area contributed by atoms with Gasteiger partial charge in [0.25, 0.3) is 0 Å². The third-order valence-electron chi connectivity index (χ3n) is 3.78. The van der Waals surface area contributed by atoms with Crippen molar-refractivity contribution in [1.82, 2.24) is 4.72 Å². The van der Waals surface area contributed by atoms with Gasteiger partial charge in [-0.2, -0.15) is 0 Å². The van der Waals surface area contributed by atoms with Gasteiger partial charge >= 0.3 is 0 Å². The number of halogens is 1. The minimum absolute atomic E-state index is 0.0329. The molecular weight excluding hydrogens is 279 g/mol. The molecule has 1 aromatic rings. The van der Waals surface area contributed by atoms with Gasteiger partial charge in [-0.05, 0) is 44.4 Å². The average molecular weight is 302 g/mol. The maximum Gasteiger partial charge on any atom is 0.241 e. The van der Waals surface area contributed by atoms with Crippen LogP contribution in [0.5, 0.6) is 0 Å². The normalized spacial score (nSPS) is 12.7. The van der Waals surface area contributed by atoms with Gasteiger partial charge in [-0.15, -0.1) is 0 Å². The average Bonchev–Trinajstić information content (AvgIpc) is 2.40. The van der Waals surface area contributed by atoms with E-state index in [9.17, 15) is 12.8 Å². The first kappa shape index (κ1) is 17.1. The van der Waals surface area contributed by atoms with Gasteiger partial charge in [-0.3, -0.25) is 0 Å². The van der Waals surface area contributed by atoms with Gasteiger partial charge < -0.3 is 5.73 Å². The maximum absolute atomic E-state index is 13.7. The van der Waals surface area contributed by atoms with Crippen LogP contribution >= 0.6 is 0 Å². The number of nitrogens with one attached hydrogen (secondary N) is 1. The Morgan fingerprint density at radius 1 is 1.30 bits per heavy atom. The lowest BCUT2D eigenvalue weighted by atomic mass is 9.98. The van der Waals surface area contributed by atoms with Crippen molar-refractivity contribution in [3.8, 4) is 0 Å². The van der Waals surface area contributed by atoms with Gasteiger partial charge in [0.1, 0.15) is 5.82 Å². The summed E-state index contributed by atoms with van der Waals surface area (Å²) >= 11 is 0. The zero-order valence-electron chi connectivity index (χ0n) is 12.5. The van der Waals surface area contributed by atoms with E-state index in [0.29, 0.717) is 12.8 Å². The summed E-state index contributed by atoms with van der Waals surface area (Å²) < 4.78 is 41.3. The Morgan fingerprint density at radius 3 is 2.30 bits per heavy atom. The van der Waals surface area contributed by atoms with Crippen molar-refractivity contribution in [3.05, 3.63) is 29.1 Å². The third-order valence-corrected chi connectivity index (χ3v) is 5.39. The molecule has 1 rings (SSSR count). The lowest BCUT2D eigenvalue weighted by Crippen LogP contribution is -2.44. The van der Waals surface area contributed by atoms with E-state index in [1.165, 1.54) is 19.1 Å². The van der Waals surface area contributed by atoms with E-state index in [0.717, 1.165) is 0 Å². The van der Waals surface area contributed by atoms with E-state index >= 15 is 0 Å². The van der Waals surface area contributed by atoms with Gasteiger partial charge in [0, 0.05) is 17.6 Å². The second-order valence-corrected chi connectivity index (χ2v) is 6.97. The molecule has 3 N–H and O–H groups in total. The summed E-state index contributed by atoms with van der Waals surface area (Å²) in [6.45, 7) is 7.20. The van der Waals surface area contributed by atoms with Crippen LogP contribution in [0, 0.1) is 12.7 Å². The highest BCUT2D eigenvalue weighted by Crippen LogP contribution is 2.22. The molecule has 0 bridgehead atoms. The molecule has 1 aromatic carbocycles. The maximum atomic E-state index is 13.7. The predicted molar refractivity (Wildman–Crippen MR) is 78.3 cm³/mol. The van der Waals surface area contributed by atoms with Crippen molar-refractivity contribution in [2.24, 2.45) is 5.73 Å². The summed E-state index contributed by atoms with van der Waals surface area (Å²) in [7, 11) is -3.69. The molecule has 20 heavy (non-hydrogen) atoms. The first-order valence-electron chi connectivity index (χ1n) is 6.72. The van der Waals surface area contributed by atoms with Crippen LogP contribution in [0.4, 0.5) is 4.39 Å². The van der Waals surface area contributed by atoms with Gasteiger partial charge in [0.05, 0.1) is 4.90 Å². The number of hydrogen-bond donors (Lipinski definition) is 2. The molecule has 0 aromatic heterocycles. The molecule has 0 saturated heterocycles. The molecule has 0 fully saturated rings. The molecule has 0 aliphatic carbocycles. The van der Waals surface area contributed by atoms with E-state index in [4.69, 9.17) is 5.73 Å². The van der Waals surface area contributed by atoms with E-state index < -0.39 is 21.4 Å². The van der Waals surface area contributed by atoms with Gasteiger partial charge in [-0.1, -0.05) is 13.8 Å². The number of aryl methyl sites for hydroxylation is 1. The number of rotatable bonds is 6. The van der Waals surface area contributed by atoms with E-state index in [1.54, 1.807) is 0 Å². The van der Waals surface area contributed by atoms with E-state index in [1.807, 2.05) is 20.8 Å². The highest BCUT2D eigenvalue weighted by Gasteiger charge is 2.28. The molecule has 0 aliphatic rings. The Hall–Kier alpha value is -0.980. The monoisotopic (exact) mass is 302 g/mol. The zero-order valence-corrected chi connectivity index (χ0v) is 13.3. The fraction of sp³-hybridized carbons (Fsp3) is 0.571. The van der Waals surface area contributed by atoms with Crippen LogP contribution in [-0.4, -0.2) is 14.0 Å². The van der Waals surface area contributed by atoms with Crippen LogP contribution in [0.1, 0.15) is 44.7 Å². The van der Waals surface area contributed by atoms with Gasteiger partial charge in [0.15, 0.2) is 0 Å². The topological polar surface area (TPSA) is 72.2 Å². The smallest absolute Gasteiger partial charge is 0.241 e. The number of benzene rings is 1. The van der Waals surface area contributed by atoms with Crippen molar-refractivity contribution in [1.29, 1.82) is 0 Å². The molecule has 0 atom stereocenters. The van der Waals surface area contributed by atoms with E-state index in [-0.39, 0.29) is 22.6 Å². The second kappa shape index (κ2) is 6.20.